The van der Waals surface area contributed by atoms with Crippen LogP contribution >= 0.6 is 0 Å². The summed E-state index contributed by atoms with van der Waals surface area (Å²) in [4.78, 5) is 0. The average Bonchev–Trinajstić information content (AvgIpc) is 2.71. The van der Waals surface area contributed by atoms with Crippen LogP contribution in [-0.4, -0.2) is 0 Å². The van der Waals surface area contributed by atoms with Crippen LogP contribution in [0.1, 0.15) is 93.7 Å². The predicted octanol–water partition coefficient (Wildman–Crippen LogP) is 8.05. The van der Waals surface area contributed by atoms with Gasteiger partial charge < -0.3 is 0 Å². The Balaban J connectivity index is 1.42. The van der Waals surface area contributed by atoms with E-state index in [4.69, 9.17) is 0 Å². The molecular weight excluding hydrogens is 331 g/mol. The monoisotopic (exact) mass is 366 g/mol. The lowest BCUT2D eigenvalue weighted by atomic mass is 9.77. The minimum absolute atomic E-state index is 0.161. The van der Waals surface area contributed by atoms with Gasteiger partial charge in [-0.1, -0.05) is 81.8 Å². The smallest absolute Gasteiger partial charge is 0.123 e. The Labute approximate surface area is 165 Å². The molecule has 146 valence electrons. The minimum Gasteiger partial charge on any atom is -0.207 e. The van der Waals surface area contributed by atoms with Crippen LogP contribution in [0.4, 0.5) is 4.39 Å². The molecule has 0 bridgehead atoms. The molecule has 1 saturated carbocycles. The summed E-state index contributed by atoms with van der Waals surface area (Å²) in [6, 6.07) is 16.0. The van der Waals surface area contributed by atoms with Crippen molar-refractivity contribution in [3.05, 3.63) is 71.0 Å². The SMILES string of the molecule is CCCCCCCC1CCC(c2ccc(Cc3ccc(F)cc3)cc2)CC1. The molecule has 0 aromatic heterocycles. The Hall–Kier alpha value is -1.63. The minimum atomic E-state index is -0.161. The second kappa shape index (κ2) is 10.6. The highest BCUT2D eigenvalue weighted by Gasteiger charge is 2.21. The van der Waals surface area contributed by atoms with Crippen molar-refractivity contribution in [1.29, 1.82) is 0 Å². The van der Waals surface area contributed by atoms with E-state index in [1.807, 2.05) is 12.1 Å². The van der Waals surface area contributed by atoms with Crippen molar-refractivity contribution in [3.8, 4) is 0 Å². The molecule has 0 radical (unpaired) electrons. The Morgan fingerprint density at radius 2 is 1.33 bits per heavy atom. The molecule has 0 nitrogen and oxygen atoms in total. The molecule has 0 heterocycles. The van der Waals surface area contributed by atoms with E-state index in [0.29, 0.717) is 0 Å². The molecule has 1 aliphatic rings. The maximum absolute atomic E-state index is 13.0. The largest absolute Gasteiger partial charge is 0.207 e. The van der Waals surface area contributed by atoms with Crippen LogP contribution in [0, 0.1) is 11.7 Å². The third-order valence-corrected chi connectivity index (χ3v) is 6.34. The van der Waals surface area contributed by atoms with E-state index >= 15 is 0 Å². The molecule has 0 amide bonds. The van der Waals surface area contributed by atoms with E-state index in [-0.39, 0.29) is 5.82 Å². The van der Waals surface area contributed by atoms with Crippen LogP contribution in [0.25, 0.3) is 0 Å². The molecule has 0 aliphatic heterocycles. The molecule has 27 heavy (non-hydrogen) atoms. The molecule has 0 N–H and O–H groups in total. The summed E-state index contributed by atoms with van der Waals surface area (Å²) in [6.45, 7) is 2.29. The number of halogens is 1. The van der Waals surface area contributed by atoms with Gasteiger partial charge in [0.2, 0.25) is 0 Å². The fraction of sp³-hybridized carbons (Fsp3) is 0.538. The number of rotatable bonds is 9. The van der Waals surface area contributed by atoms with E-state index in [9.17, 15) is 4.39 Å². The van der Waals surface area contributed by atoms with Gasteiger partial charge in [-0.2, -0.15) is 0 Å². The molecule has 2 aromatic rings. The highest BCUT2D eigenvalue weighted by molar-refractivity contribution is 5.30. The molecule has 0 unspecified atom stereocenters. The van der Waals surface area contributed by atoms with Gasteiger partial charge in [0, 0.05) is 0 Å². The first kappa shape index (κ1) is 20.1. The van der Waals surface area contributed by atoms with E-state index in [1.165, 1.54) is 80.9 Å². The zero-order valence-electron chi connectivity index (χ0n) is 16.9. The van der Waals surface area contributed by atoms with Crippen molar-refractivity contribution in [2.45, 2.75) is 83.5 Å². The summed E-state index contributed by atoms with van der Waals surface area (Å²) in [5.41, 5.74) is 3.99. The third-order valence-electron chi connectivity index (χ3n) is 6.34. The Bertz CT molecular complexity index is 648. The predicted molar refractivity (Wildman–Crippen MR) is 114 cm³/mol. The van der Waals surface area contributed by atoms with Crippen LogP contribution in [-0.2, 0) is 6.42 Å². The van der Waals surface area contributed by atoms with Crippen LogP contribution in [0.3, 0.4) is 0 Å². The molecule has 0 saturated heterocycles. The van der Waals surface area contributed by atoms with E-state index < -0.39 is 0 Å². The summed E-state index contributed by atoms with van der Waals surface area (Å²) in [7, 11) is 0. The quantitative estimate of drug-likeness (QED) is 0.394. The van der Waals surface area contributed by atoms with Crippen molar-refractivity contribution in [2.24, 2.45) is 5.92 Å². The Morgan fingerprint density at radius 1 is 0.741 bits per heavy atom. The van der Waals surface area contributed by atoms with Crippen molar-refractivity contribution in [2.75, 3.05) is 0 Å². The van der Waals surface area contributed by atoms with Gasteiger partial charge in [0.15, 0.2) is 0 Å². The van der Waals surface area contributed by atoms with Crippen LogP contribution in [0.2, 0.25) is 0 Å². The number of benzene rings is 2. The van der Waals surface area contributed by atoms with Gasteiger partial charge in [-0.3, -0.25) is 0 Å². The first-order chi connectivity index (χ1) is 13.2. The fourth-order valence-electron chi connectivity index (χ4n) is 4.57. The molecule has 0 spiro atoms. The molecule has 1 aliphatic carbocycles. The van der Waals surface area contributed by atoms with Crippen LogP contribution in [0.15, 0.2) is 48.5 Å². The van der Waals surface area contributed by atoms with E-state index in [0.717, 1.165) is 18.3 Å². The maximum atomic E-state index is 13.0. The zero-order chi connectivity index (χ0) is 18.9. The van der Waals surface area contributed by atoms with Gasteiger partial charge in [0.25, 0.3) is 0 Å². The zero-order valence-corrected chi connectivity index (χ0v) is 16.9. The first-order valence-electron chi connectivity index (χ1n) is 11.1. The molecule has 2 aromatic carbocycles. The summed E-state index contributed by atoms with van der Waals surface area (Å²) < 4.78 is 13.0. The molecule has 1 heteroatoms. The van der Waals surface area contributed by atoms with Gasteiger partial charge in [0.05, 0.1) is 0 Å². The normalized spacial score (nSPS) is 19.9. The van der Waals surface area contributed by atoms with Gasteiger partial charge >= 0.3 is 0 Å². The van der Waals surface area contributed by atoms with Crippen LogP contribution < -0.4 is 0 Å². The Kier molecular flexibility index (Phi) is 7.93. The highest BCUT2D eigenvalue weighted by Crippen LogP contribution is 2.37. The second-order valence-electron chi connectivity index (χ2n) is 8.47. The van der Waals surface area contributed by atoms with Gasteiger partial charge in [0.1, 0.15) is 5.82 Å². The van der Waals surface area contributed by atoms with E-state index in [1.54, 1.807) is 12.1 Å². The topological polar surface area (TPSA) is 0 Å². The van der Waals surface area contributed by atoms with Gasteiger partial charge in [-0.15, -0.1) is 0 Å². The second-order valence-corrected chi connectivity index (χ2v) is 8.47. The maximum Gasteiger partial charge on any atom is 0.123 e. The lowest BCUT2D eigenvalue weighted by molar-refractivity contribution is 0.302. The summed E-state index contributed by atoms with van der Waals surface area (Å²) >= 11 is 0. The third kappa shape index (κ3) is 6.48. The van der Waals surface area contributed by atoms with E-state index in [2.05, 4.69) is 31.2 Å². The molecule has 0 atom stereocenters. The molecular formula is C26H35F. The molecule has 3 rings (SSSR count). The standard InChI is InChI=1S/C26H35F/c1-2-3-4-5-6-7-21-8-14-24(15-9-21)25-16-10-22(11-17-25)20-23-12-18-26(27)19-13-23/h10-13,16-19,21,24H,2-9,14-15,20H2,1H3. The summed E-state index contributed by atoms with van der Waals surface area (Å²) in [5.74, 6) is 1.56. The van der Waals surface area contributed by atoms with Gasteiger partial charge in [-0.05, 0) is 72.8 Å². The lowest BCUT2D eigenvalue weighted by Gasteiger charge is -2.29. The van der Waals surface area contributed by atoms with Gasteiger partial charge in [-0.25, -0.2) is 4.39 Å². The number of hydrogen-bond acceptors (Lipinski definition) is 0. The van der Waals surface area contributed by atoms with Crippen LogP contribution in [0.5, 0.6) is 0 Å². The summed E-state index contributed by atoms with van der Waals surface area (Å²) in [6.07, 6.45) is 14.9. The van der Waals surface area contributed by atoms with Crippen molar-refractivity contribution < 1.29 is 4.39 Å². The first-order valence-corrected chi connectivity index (χ1v) is 11.1. The summed E-state index contributed by atoms with van der Waals surface area (Å²) in [5, 5.41) is 0. The Morgan fingerprint density at radius 3 is 1.96 bits per heavy atom. The average molecular weight is 367 g/mol. The fourth-order valence-corrected chi connectivity index (χ4v) is 4.57. The lowest BCUT2D eigenvalue weighted by Crippen LogP contribution is -2.13. The number of unbranched alkanes of at least 4 members (excludes halogenated alkanes) is 4. The molecule has 1 fully saturated rings. The number of hydrogen-bond donors (Lipinski definition) is 0. The van der Waals surface area contributed by atoms with Crippen molar-refractivity contribution in [1.82, 2.24) is 0 Å². The van der Waals surface area contributed by atoms with Crippen molar-refractivity contribution in [3.63, 3.8) is 0 Å². The highest BCUT2D eigenvalue weighted by atomic mass is 19.1. The van der Waals surface area contributed by atoms with Crippen molar-refractivity contribution >= 4 is 0 Å².